The van der Waals surface area contributed by atoms with Crippen LogP contribution >= 0.6 is 11.6 Å². The van der Waals surface area contributed by atoms with Crippen LogP contribution < -0.4 is 10.9 Å². The van der Waals surface area contributed by atoms with Gasteiger partial charge >= 0.3 is 0 Å². The van der Waals surface area contributed by atoms with Gasteiger partial charge in [0.1, 0.15) is 16.5 Å². The number of benzene rings is 1. The van der Waals surface area contributed by atoms with Crippen LogP contribution in [0, 0.1) is 35.9 Å². The van der Waals surface area contributed by atoms with Crippen LogP contribution in [0.15, 0.2) is 24.3 Å². The summed E-state index contributed by atoms with van der Waals surface area (Å²) in [7, 11) is 0. The van der Waals surface area contributed by atoms with E-state index in [1.54, 1.807) is 6.92 Å². The van der Waals surface area contributed by atoms with E-state index in [0.29, 0.717) is 17.8 Å². The molecule has 6 rings (SSSR count). The lowest BCUT2D eigenvalue weighted by molar-refractivity contribution is -0.130. The Morgan fingerprint density at radius 2 is 1.68 bits per heavy atom. The summed E-state index contributed by atoms with van der Waals surface area (Å²) in [6.07, 6.45) is 7.84. The fourth-order valence-electron chi connectivity index (χ4n) is 6.59. The summed E-state index contributed by atoms with van der Waals surface area (Å²) < 4.78 is 14.6. The second kappa shape index (κ2) is 7.62. The number of hydrogen-bond donors (Lipinski definition) is 2. The molecule has 6 nitrogen and oxygen atoms in total. The number of aromatic nitrogens is 2. The Labute approximate surface area is 185 Å². The van der Waals surface area contributed by atoms with E-state index in [4.69, 9.17) is 11.6 Å². The Morgan fingerprint density at radius 3 is 2.26 bits per heavy atom. The number of carbonyl (C=O) groups excluding carboxylic acids is 2. The van der Waals surface area contributed by atoms with Crippen LogP contribution in [0.3, 0.4) is 0 Å². The first-order valence-electron chi connectivity index (χ1n) is 10.9. The van der Waals surface area contributed by atoms with Gasteiger partial charge in [0, 0.05) is 6.42 Å². The molecule has 0 spiro atoms. The van der Waals surface area contributed by atoms with Gasteiger partial charge in [-0.15, -0.1) is 0 Å². The molecule has 0 aliphatic heterocycles. The van der Waals surface area contributed by atoms with Gasteiger partial charge in [-0.2, -0.15) is 5.10 Å². The second-order valence-corrected chi connectivity index (χ2v) is 10.1. The number of halogens is 2. The normalized spacial score (nSPS) is 28.5. The highest BCUT2D eigenvalue weighted by Gasteiger charge is 2.51. The molecule has 4 bridgehead atoms. The van der Waals surface area contributed by atoms with Gasteiger partial charge in [0.15, 0.2) is 0 Å². The molecule has 0 atom stereocenters. The summed E-state index contributed by atoms with van der Waals surface area (Å²) in [5.74, 6) is 1.26. The minimum atomic E-state index is -0.519. The van der Waals surface area contributed by atoms with Crippen LogP contribution in [0.5, 0.6) is 0 Å². The first-order valence-corrected chi connectivity index (χ1v) is 11.3. The second-order valence-electron chi connectivity index (χ2n) is 9.74. The fraction of sp³-hybridized carbons (Fsp3) is 0.522. The van der Waals surface area contributed by atoms with Gasteiger partial charge in [0.2, 0.25) is 5.91 Å². The number of amides is 2. The summed E-state index contributed by atoms with van der Waals surface area (Å²) in [5.41, 5.74) is 6.33. The predicted molar refractivity (Wildman–Crippen MR) is 114 cm³/mol. The fourth-order valence-corrected chi connectivity index (χ4v) is 6.95. The van der Waals surface area contributed by atoms with Crippen molar-refractivity contribution in [3.05, 3.63) is 46.5 Å². The minimum Gasteiger partial charge on any atom is -0.273 e. The van der Waals surface area contributed by atoms with Crippen molar-refractivity contribution >= 4 is 23.4 Å². The lowest BCUT2D eigenvalue weighted by Crippen LogP contribution is -2.50. The molecule has 31 heavy (non-hydrogen) atoms. The number of hydrogen-bond acceptors (Lipinski definition) is 3. The third-order valence-corrected chi connectivity index (χ3v) is 7.67. The molecular formula is C23H26ClFN4O2. The van der Waals surface area contributed by atoms with Crippen LogP contribution in [0.25, 0.3) is 5.69 Å². The third kappa shape index (κ3) is 3.84. The number of nitrogens with one attached hydrogen (secondary N) is 2. The van der Waals surface area contributed by atoms with Crippen molar-refractivity contribution < 1.29 is 14.0 Å². The number of nitrogens with zero attached hydrogens (tertiary/aromatic N) is 2. The first kappa shape index (κ1) is 20.5. The molecule has 2 aromatic rings. The van der Waals surface area contributed by atoms with E-state index in [1.807, 2.05) is 0 Å². The largest absolute Gasteiger partial charge is 0.274 e. The Hall–Kier alpha value is -2.41. The van der Waals surface area contributed by atoms with Crippen LogP contribution in [0.2, 0.25) is 5.15 Å². The lowest BCUT2D eigenvalue weighted by atomic mass is 9.49. The summed E-state index contributed by atoms with van der Waals surface area (Å²) in [5, 5.41) is 4.40. The summed E-state index contributed by atoms with van der Waals surface area (Å²) >= 11 is 6.39. The Kier molecular flexibility index (Phi) is 5.04. The van der Waals surface area contributed by atoms with Gasteiger partial charge in [-0.3, -0.25) is 20.4 Å². The molecular weight excluding hydrogens is 419 g/mol. The molecule has 2 N–H and O–H groups in total. The van der Waals surface area contributed by atoms with E-state index in [2.05, 4.69) is 16.0 Å². The number of rotatable bonds is 4. The average Bonchev–Trinajstić information content (AvgIpc) is 2.99. The molecule has 1 aromatic heterocycles. The average molecular weight is 445 g/mol. The molecule has 0 saturated heterocycles. The highest BCUT2D eigenvalue weighted by molar-refractivity contribution is 6.33. The zero-order chi connectivity index (χ0) is 21.8. The number of hydrazine groups is 1. The van der Waals surface area contributed by atoms with Crippen molar-refractivity contribution in [3.8, 4) is 5.69 Å². The van der Waals surface area contributed by atoms with Gasteiger partial charge in [-0.25, -0.2) is 9.07 Å². The zero-order valence-corrected chi connectivity index (χ0v) is 18.2. The van der Waals surface area contributed by atoms with Gasteiger partial charge < -0.3 is 0 Å². The van der Waals surface area contributed by atoms with Gasteiger partial charge in [-0.05, 0) is 92.9 Å². The highest BCUT2D eigenvalue weighted by Crippen LogP contribution is 2.61. The van der Waals surface area contributed by atoms with Crippen LogP contribution in [0.4, 0.5) is 4.39 Å². The summed E-state index contributed by atoms with van der Waals surface area (Å²) in [6, 6.07) is 5.66. The van der Waals surface area contributed by atoms with Gasteiger partial charge in [-0.1, -0.05) is 11.6 Å². The monoisotopic (exact) mass is 444 g/mol. The highest BCUT2D eigenvalue weighted by atomic mass is 35.5. The molecule has 164 valence electrons. The molecule has 0 unspecified atom stereocenters. The Morgan fingerprint density at radius 1 is 1.10 bits per heavy atom. The van der Waals surface area contributed by atoms with Crippen molar-refractivity contribution in [2.24, 2.45) is 23.2 Å². The van der Waals surface area contributed by atoms with Crippen molar-refractivity contribution in [2.75, 3.05) is 0 Å². The van der Waals surface area contributed by atoms with E-state index in [-0.39, 0.29) is 27.9 Å². The predicted octanol–water partition coefficient (Wildman–Crippen LogP) is 4.34. The molecule has 4 saturated carbocycles. The molecule has 1 heterocycles. The van der Waals surface area contributed by atoms with Crippen LogP contribution in [0.1, 0.15) is 61.0 Å². The summed E-state index contributed by atoms with van der Waals surface area (Å²) in [6.45, 7) is 1.66. The van der Waals surface area contributed by atoms with Crippen molar-refractivity contribution in [2.45, 2.75) is 51.9 Å². The van der Waals surface area contributed by atoms with Crippen molar-refractivity contribution in [1.82, 2.24) is 20.6 Å². The maximum atomic E-state index is 13.2. The van der Waals surface area contributed by atoms with Gasteiger partial charge in [0.25, 0.3) is 5.91 Å². The quantitative estimate of drug-likeness (QED) is 0.689. The topological polar surface area (TPSA) is 76.0 Å². The maximum absolute atomic E-state index is 13.2. The van der Waals surface area contributed by atoms with Crippen molar-refractivity contribution in [1.29, 1.82) is 0 Å². The minimum absolute atomic E-state index is 0.102. The molecule has 4 fully saturated rings. The van der Waals surface area contributed by atoms with E-state index in [0.717, 1.165) is 37.0 Å². The SMILES string of the molecule is Cc1nn(-c2ccc(F)cc2)c(Cl)c1C(=O)NNC(=O)CC12CC3CC(CC(C3)C1)C2. The smallest absolute Gasteiger partial charge is 0.273 e. The number of carbonyl (C=O) groups is 2. The van der Waals surface area contributed by atoms with Gasteiger partial charge in [0.05, 0.1) is 11.4 Å². The maximum Gasteiger partial charge on any atom is 0.274 e. The Balaban J connectivity index is 1.24. The number of aryl methyl sites for hydroxylation is 1. The molecule has 1 aromatic carbocycles. The molecule has 0 radical (unpaired) electrons. The lowest BCUT2D eigenvalue weighted by Gasteiger charge is -2.56. The molecule has 4 aliphatic carbocycles. The van der Waals surface area contributed by atoms with E-state index >= 15 is 0 Å². The molecule has 2 amide bonds. The van der Waals surface area contributed by atoms with E-state index in [1.165, 1.54) is 48.2 Å². The van der Waals surface area contributed by atoms with E-state index in [9.17, 15) is 14.0 Å². The standard InChI is InChI=1S/C23H26ClFN4O2/c1-13-20(21(24)29(28-13)18-4-2-17(25)3-5-18)22(31)27-26-19(30)12-23-9-14-6-15(10-23)8-16(7-14)11-23/h2-5,14-16H,6-12H2,1H3,(H,26,30)(H,27,31). The Bertz CT molecular complexity index is 998. The van der Waals surface area contributed by atoms with Crippen LogP contribution in [-0.2, 0) is 4.79 Å². The molecule has 8 heteroatoms. The third-order valence-electron chi connectivity index (χ3n) is 7.32. The van der Waals surface area contributed by atoms with E-state index < -0.39 is 5.91 Å². The molecule has 4 aliphatic rings. The zero-order valence-electron chi connectivity index (χ0n) is 17.5. The van der Waals surface area contributed by atoms with Crippen molar-refractivity contribution in [3.63, 3.8) is 0 Å². The summed E-state index contributed by atoms with van der Waals surface area (Å²) in [4.78, 5) is 25.4. The van der Waals surface area contributed by atoms with Crippen LogP contribution in [-0.4, -0.2) is 21.6 Å². The first-order chi connectivity index (χ1) is 14.8.